The Balaban J connectivity index is 2.44. The molecule has 0 aliphatic carbocycles. The van der Waals surface area contributed by atoms with E-state index in [0.717, 1.165) is 24.3 Å². The van der Waals surface area contributed by atoms with Gasteiger partial charge in [-0.15, -0.1) is 0 Å². The first kappa shape index (κ1) is 16.0. The standard InChI is InChI=1S/C14H10F6N2/c15-13(16,17)8-3-1-4-9(7-8)22-12-10(14(18,19)20)5-2-6-11(12)21/h1-7,22H,21H2. The SMILES string of the molecule is Nc1cccc(C(F)(F)F)c1Nc1cccc(C(F)(F)F)c1. The van der Waals surface area contributed by atoms with Gasteiger partial charge in [0, 0.05) is 5.69 Å². The van der Waals surface area contributed by atoms with Crippen LogP contribution in [0.15, 0.2) is 42.5 Å². The summed E-state index contributed by atoms with van der Waals surface area (Å²) in [6.45, 7) is 0. The summed E-state index contributed by atoms with van der Waals surface area (Å²) in [6.07, 6.45) is -9.27. The molecular weight excluding hydrogens is 310 g/mol. The Kier molecular flexibility index (Phi) is 3.95. The zero-order chi connectivity index (χ0) is 16.5. The largest absolute Gasteiger partial charge is 0.418 e. The molecule has 118 valence electrons. The normalized spacial score (nSPS) is 12.3. The minimum Gasteiger partial charge on any atom is -0.397 e. The number of benzene rings is 2. The number of nitrogens with two attached hydrogens (primary N) is 1. The van der Waals surface area contributed by atoms with E-state index in [2.05, 4.69) is 5.32 Å². The van der Waals surface area contributed by atoms with Crippen LogP contribution in [0.4, 0.5) is 43.4 Å². The highest BCUT2D eigenvalue weighted by Crippen LogP contribution is 2.39. The average Bonchev–Trinajstić information content (AvgIpc) is 2.39. The first-order chi connectivity index (χ1) is 10.1. The number of halogens is 6. The van der Waals surface area contributed by atoms with E-state index >= 15 is 0 Å². The van der Waals surface area contributed by atoms with Crippen molar-refractivity contribution in [3.8, 4) is 0 Å². The van der Waals surface area contributed by atoms with Crippen LogP contribution in [0.25, 0.3) is 0 Å². The highest BCUT2D eigenvalue weighted by Gasteiger charge is 2.34. The Morgan fingerprint density at radius 1 is 0.818 bits per heavy atom. The van der Waals surface area contributed by atoms with E-state index in [-0.39, 0.29) is 11.4 Å². The van der Waals surface area contributed by atoms with Gasteiger partial charge in [0.25, 0.3) is 0 Å². The molecule has 0 bridgehead atoms. The van der Waals surface area contributed by atoms with Crippen LogP contribution in [0.3, 0.4) is 0 Å². The van der Waals surface area contributed by atoms with Crippen molar-refractivity contribution in [2.75, 3.05) is 11.1 Å². The first-order valence-electron chi connectivity index (χ1n) is 5.99. The minimum atomic E-state index is -4.68. The van der Waals surface area contributed by atoms with E-state index in [1.165, 1.54) is 12.1 Å². The summed E-state index contributed by atoms with van der Waals surface area (Å²) >= 11 is 0. The summed E-state index contributed by atoms with van der Waals surface area (Å²) in [5, 5.41) is 2.31. The summed E-state index contributed by atoms with van der Waals surface area (Å²) in [4.78, 5) is 0. The van der Waals surface area contributed by atoms with Crippen molar-refractivity contribution in [2.45, 2.75) is 12.4 Å². The number of nitrogen functional groups attached to an aromatic ring is 1. The molecule has 0 unspecified atom stereocenters. The molecule has 2 aromatic carbocycles. The van der Waals surface area contributed by atoms with E-state index in [4.69, 9.17) is 5.73 Å². The molecule has 0 aromatic heterocycles. The third-order valence-corrected chi connectivity index (χ3v) is 2.86. The highest BCUT2D eigenvalue weighted by atomic mass is 19.4. The van der Waals surface area contributed by atoms with Gasteiger partial charge in [0.05, 0.1) is 22.5 Å². The molecule has 8 heteroatoms. The molecule has 0 amide bonds. The van der Waals surface area contributed by atoms with E-state index in [1.54, 1.807) is 0 Å². The summed E-state index contributed by atoms with van der Waals surface area (Å²) in [6, 6.07) is 7.00. The van der Waals surface area contributed by atoms with Crippen LogP contribution in [0, 0.1) is 0 Å². The van der Waals surface area contributed by atoms with Crippen LogP contribution in [0.1, 0.15) is 11.1 Å². The van der Waals surface area contributed by atoms with Crippen molar-refractivity contribution in [1.29, 1.82) is 0 Å². The molecule has 0 heterocycles. The Morgan fingerprint density at radius 2 is 1.45 bits per heavy atom. The zero-order valence-corrected chi connectivity index (χ0v) is 10.9. The van der Waals surface area contributed by atoms with Gasteiger partial charge in [-0.3, -0.25) is 0 Å². The van der Waals surface area contributed by atoms with Crippen LogP contribution >= 0.6 is 0 Å². The van der Waals surface area contributed by atoms with Crippen molar-refractivity contribution in [1.82, 2.24) is 0 Å². The lowest BCUT2D eigenvalue weighted by atomic mass is 10.1. The van der Waals surface area contributed by atoms with Gasteiger partial charge in [-0.1, -0.05) is 12.1 Å². The maximum absolute atomic E-state index is 12.9. The van der Waals surface area contributed by atoms with Gasteiger partial charge in [-0.25, -0.2) is 0 Å². The van der Waals surface area contributed by atoms with E-state index in [0.29, 0.717) is 6.07 Å². The summed E-state index contributed by atoms with van der Waals surface area (Å²) in [5.74, 6) is 0. The van der Waals surface area contributed by atoms with Gasteiger partial charge in [0.2, 0.25) is 0 Å². The maximum atomic E-state index is 12.9. The Bertz CT molecular complexity index is 676. The van der Waals surface area contributed by atoms with E-state index in [9.17, 15) is 26.3 Å². The monoisotopic (exact) mass is 320 g/mol. The fourth-order valence-electron chi connectivity index (χ4n) is 1.86. The fourth-order valence-corrected chi connectivity index (χ4v) is 1.86. The molecule has 0 radical (unpaired) electrons. The predicted molar refractivity (Wildman–Crippen MR) is 70.6 cm³/mol. The Hall–Kier alpha value is -2.38. The van der Waals surface area contributed by atoms with Crippen LogP contribution in [-0.2, 0) is 12.4 Å². The lowest BCUT2D eigenvalue weighted by Gasteiger charge is -2.17. The number of rotatable bonds is 2. The third kappa shape index (κ3) is 3.44. The zero-order valence-electron chi connectivity index (χ0n) is 10.9. The molecule has 2 aromatic rings. The molecule has 0 fully saturated rings. The van der Waals surface area contributed by atoms with Crippen LogP contribution in [0.2, 0.25) is 0 Å². The molecule has 3 N–H and O–H groups in total. The first-order valence-corrected chi connectivity index (χ1v) is 5.99. The van der Waals surface area contributed by atoms with Crippen LogP contribution in [-0.4, -0.2) is 0 Å². The predicted octanol–water partition coefficient (Wildman–Crippen LogP) is 5.05. The van der Waals surface area contributed by atoms with Crippen molar-refractivity contribution in [3.63, 3.8) is 0 Å². The van der Waals surface area contributed by atoms with Gasteiger partial charge >= 0.3 is 12.4 Å². The van der Waals surface area contributed by atoms with Crippen molar-refractivity contribution >= 4 is 17.1 Å². The second kappa shape index (κ2) is 5.43. The van der Waals surface area contributed by atoms with Crippen LogP contribution < -0.4 is 11.1 Å². The van der Waals surface area contributed by atoms with Gasteiger partial charge in [0.1, 0.15) is 0 Å². The highest BCUT2D eigenvalue weighted by molar-refractivity contribution is 5.76. The second-order valence-corrected chi connectivity index (χ2v) is 4.47. The molecule has 0 saturated heterocycles. The Labute approximate surface area is 121 Å². The summed E-state index contributed by atoms with van der Waals surface area (Å²) in [7, 11) is 0. The van der Waals surface area contributed by atoms with Gasteiger partial charge < -0.3 is 11.1 Å². The fraction of sp³-hybridized carbons (Fsp3) is 0.143. The molecule has 0 atom stereocenters. The third-order valence-electron chi connectivity index (χ3n) is 2.86. The Morgan fingerprint density at radius 3 is 2.05 bits per heavy atom. The molecule has 0 saturated carbocycles. The molecule has 22 heavy (non-hydrogen) atoms. The van der Waals surface area contributed by atoms with Crippen molar-refractivity contribution in [3.05, 3.63) is 53.6 Å². The van der Waals surface area contributed by atoms with Crippen molar-refractivity contribution in [2.24, 2.45) is 0 Å². The number of hydrogen-bond acceptors (Lipinski definition) is 2. The van der Waals surface area contributed by atoms with Gasteiger partial charge in [0.15, 0.2) is 0 Å². The second-order valence-electron chi connectivity index (χ2n) is 4.47. The van der Waals surface area contributed by atoms with Crippen LogP contribution in [0.5, 0.6) is 0 Å². The van der Waals surface area contributed by atoms with E-state index < -0.39 is 29.2 Å². The number of para-hydroxylation sites is 1. The molecule has 0 spiro atoms. The minimum absolute atomic E-state index is 0.141. The summed E-state index contributed by atoms with van der Waals surface area (Å²) in [5.41, 5.74) is 2.65. The molecular formula is C14H10F6N2. The van der Waals surface area contributed by atoms with Crippen molar-refractivity contribution < 1.29 is 26.3 Å². The topological polar surface area (TPSA) is 38.0 Å². The molecule has 0 aliphatic heterocycles. The van der Waals surface area contributed by atoms with Gasteiger partial charge in [-0.05, 0) is 30.3 Å². The smallest absolute Gasteiger partial charge is 0.397 e. The lowest BCUT2D eigenvalue weighted by Crippen LogP contribution is -2.11. The number of nitrogens with one attached hydrogen (secondary N) is 1. The maximum Gasteiger partial charge on any atom is 0.418 e. The lowest BCUT2D eigenvalue weighted by molar-refractivity contribution is -0.138. The van der Waals surface area contributed by atoms with Gasteiger partial charge in [-0.2, -0.15) is 26.3 Å². The number of hydrogen-bond donors (Lipinski definition) is 2. The molecule has 2 rings (SSSR count). The summed E-state index contributed by atoms with van der Waals surface area (Å²) < 4.78 is 76.6. The van der Waals surface area contributed by atoms with E-state index in [1.807, 2.05) is 0 Å². The molecule has 2 nitrogen and oxygen atoms in total. The molecule has 0 aliphatic rings. The number of anilines is 3. The number of alkyl halides is 6. The average molecular weight is 320 g/mol. The quantitative estimate of drug-likeness (QED) is 0.600.